The van der Waals surface area contributed by atoms with Gasteiger partial charge in [0.15, 0.2) is 0 Å². The van der Waals surface area contributed by atoms with Gasteiger partial charge in [-0.05, 0) is 17.5 Å². The third-order valence-corrected chi connectivity index (χ3v) is 3.94. The van der Waals surface area contributed by atoms with Crippen molar-refractivity contribution in [2.24, 2.45) is 0 Å². The van der Waals surface area contributed by atoms with Gasteiger partial charge in [0.25, 0.3) is 5.91 Å². The average molecular weight is 295 g/mol. The van der Waals surface area contributed by atoms with Gasteiger partial charge in [-0.2, -0.15) is 0 Å². The molecule has 0 atom stereocenters. The molecule has 0 aliphatic carbocycles. The van der Waals surface area contributed by atoms with Crippen LogP contribution in [0.15, 0.2) is 35.8 Å². The molecule has 0 N–H and O–H groups in total. The van der Waals surface area contributed by atoms with E-state index in [2.05, 4.69) is 4.98 Å². The molecule has 3 heterocycles. The molecule has 1 saturated heterocycles. The number of carbonyl (C=O) groups is 1. The Labute approximate surface area is 119 Å². The number of likely N-dealkylation sites (tertiary alicyclic amines) is 1. The molecule has 1 aliphatic rings. The highest BCUT2D eigenvalue weighted by Crippen LogP contribution is 2.21. The van der Waals surface area contributed by atoms with E-state index in [-0.39, 0.29) is 12.0 Å². The van der Waals surface area contributed by atoms with Crippen LogP contribution in [0.2, 0.25) is 5.02 Å². The summed E-state index contributed by atoms with van der Waals surface area (Å²) in [6, 6.07) is 7.18. The van der Waals surface area contributed by atoms with E-state index >= 15 is 0 Å². The summed E-state index contributed by atoms with van der Waals surface area (Å²) in [6.45, 7) is 1.20. The molecule has 3 rings (SSSR count). The highest BCUT2D eigenvalue weighted by molar-refractivity contribution is 7.12. The predicted molar refractivity (Wildman–Crippen MR) is 73.9 cm³/mol. The number of thiophene rings is 1. The lowest BCUT2D eigenvalue weighted by Gasteiger charge is -2.38. The predicted octanol–water partition coefficient (Wildman–Crippen LogP) is 2.70. The molecule has 0 bridgehead atoms. The fourth-order valence-corrected chi connectivity index (χ4v) is 2.64. The Morgan fingerprint density at radius 1 is 1.42 bits per heavy atom. The van der Waals surface area contributed by atoms with Gasteiger partial charge in [-0.15, -0.1) is 11.3 Å². The summed E-state index contributed by atoms with van der Waals surface area (Å²) in [5.74, 6) is 0.608. The standard InChI is InChI=1S/C13H11ClN2O2S/c14-9-3-4-12(15-6-9)18-10-7-16(8-10)13(17)11-2-1-5-19-11/h1-6,10H,7-8H2. The van der Waals surface area contributed by atoms with Crippen LogP contribution in [0, 0.1) is 0 Å². The fourth-order valence-electron chi connectivity index (χ4n) is 1.84. The van der Waals surface area contributed by atoms with Crippen molar-refractivity contribution in [3.63, 3.8) is 0 Å². The number of pyridine rings is 1. The lowest BCUT2D eigenvalue weighted by Crippen LogP contribution is -2.56. The van der Waals surface area contributed by atoms with E-state index in [1.807, 2.05) is 17.5 Å². The van der Waals surface area contributed by atoms with Crippen LogP contribution in [0.4, 0.5) is 0 Å². The molecule has 0 spiro atoms. The monoisotopic (exact) mass is 294 g/mol. The molecule has 0 unspecified atom stereocenters. The van der Waals surface area contributed by atoms with Crippen molar-refractivity contribution >= 4 is 28.8 Å². The van der Waals surface area contributed by atoms with E-state index in [9.17, 15) is 4.79 Å². The number of hydrogen-bond donors (Lipinski definition) is 0. The first-order valence-corrected chi connectivity index (χ1v) is 7.09. The van der Waals surface area contributed by atoms with E-state index in [1.54, 1.807) is 23.2 Å². The second kappa shape index (κ2) is 5.19. The Morgan fingerprint density at radius 3 is 2.89 bits per heavy atom. The quantitative estimate of drug-likeness (QED) is 0.874. The minimum Gasteiger partial charge on any atom is -0.471 e. The van der Waals surface area contributed by atoms with Crippen LogP contribution < -0.4 is 4.74 Å². The number of rotatable bonds is 3. The normalized spacial score (nSPS) is 15.1. The molecule has 6 heteroatoms. The Balaban J connectivity index is 1.53. The zero-order valence-electron chi connectivity index (χ0n) is 9.95. The molecule has 1 aliphatic heterocycles. The largest absolute Gasteiger partial charge is 0.471 e. The second-order valence-electron chi connectivity index (χ2n) is 4.24. The van der Waals surface area contributed by atoms with Gasteiger partial charge in [0.05, 0.1) is 23.0 Å². The zero-order chi connectivity index (χ0) is 13.2. The lowest BCUT2D eigenvalue weighted by atomic mass is 10.1. The molecule has 4 nitrogen and oxygen atoms in total. The Kier molecular flexibility index (Phi) is 3.40. The van der Waals surface area contributed by atoms with Gasteiger partial charge in [-0.1, -0.05) is 17.7 Å². The summed E-state index contributed by atoms with van der Waals surface area (Å²) in [5.41, 5.74) is 0. The minimum absolute atomic E-state index is 0.0117. The van der Waals surface area contributed by atoms with Crippen molar-refractivity contribution in [1.29, 1.82) is 0 Å². The summed E-state index contributed by atoms with van der Waals surface area (Å²) in [5, 5.41) is 2.48. The number of hydrogen-bond acceptors (Lipinski definition) is 4. The zero-order valence-corrected chi connectivity index (χ0v) is 11.5. The second-order valence-corrected chi connectivity index (χ2v) is 5.63. The van der Waals surface area contributed by atoms with Gasteiger partial charge in [-0.3, -0.25) is 4.79 Å². The van der Waals surface area contributed by atoms with E-state index in [4.69, 9.17) is 16.3 Å². The maximum atomic E-state index is 12.0. The molecule has 1 fully saturated rings. The van der Waals surface area contributed by atoms with Gasteiger partial charge in [0, 0.05) is 12.3 Å². The van der Waals surface area contributed by atoms with Crippen LogP contribution in [-0.2, 0) is 0 Å². The number of halogens is 1. The van der Waals surface area contributed by atoms with Gasteiger partial charge < -0.3 is 9.64 Å². The van der Waals surface area contributed by atoms with Crippen molar-refractivity contribution in [2.45, 2.75) is 6.10 Å². The van der Waals surface area contributed by atoms with Crippen LogP contribution in [0.5, 0.6) is 5.88 Å². The number of amides is 1. The van der Waals surface area contributed by atoms with Crippen molar-refractivity contribution in [3.05, 3.63) is 45.7 Å². The SMILES string of the molecule is O=C(c1cccs1)N1CC(Oc2ccc(Cl)cn2)C1. The Hall–Kier alpha value is -1.59. The van der Waals surface area contributed by atoms with Gasteiger partial charge in [0.1, 0.15) is 6.10 Å². The summed E-state index contributed by atoms with van der Waals surface area (Å²) >= 11 is 7.20. The smallest absolute Gasteiger partial charge is 0.264 e. The highest BCUT2D eigenvalue weighted by atomic mass is 35.5. The van der Waals surface area contributed by atoms with Crippen LogP contribution in [0.25, 0.3) is 0 Å². The molecular weight excluding hydrogens is 284 g/mol. The van der Waals surface area contributed by atoms with E-state index in [0.29, 0.717) is 24.0 Å². The first kappa shape index (κ1) is 12.4. The van der Waals surface area contributed by atoms with Gasteiger partial charge in [0.2, 0.25) is 5.88 Å². The highest BCUT2D eigenvalue weighted by Gasteiger charge is 2.33. The molecule has 0 aromatic carbocycles. The first-order valence-electron chi connectivity index (χ1n) is 5.83. The van der Waals surface area contributed by atoms with E-state index < -0.39 is 0 Å². The number of carbonyl (C=O) groups excluding carboxylic acids is 1. The lowest BCUT2D eigenvalue weighted by molar-refractivity contribution is 0.0164. The Morgan fingerprint density at radius 2 is 2.26 bits per heavy atom. The first-order chi connectivity index (χ1) is 9.22. The van der Waals surface area contributed by atoms with Crippen LogP contribution in [0.3, 0.4) is 0 Å². The maximum Gasteiger partial charge on any atom is 0.264 e. The van der Waals surface area contributed by atoms with Gasteiger partial charge >= 0.3 is 0 Å². The third kappa shape index (κ3) is 2.72. The summed E-state index contributed by atoms with van der Waals surface area (Å²) in [7, 11) is 0. The molecule has 0 saturated carbocycles. The molecule has 2 aromatic rings. The Bertz CT molecular complexity index is 565. The van der Waals surface area contributed by atoms with Crippen LogP contribution in [0.1, 0.15) is 9.67 Å². The molecule has 19 heavy (non-hydrogen) atoms. The molecule has 0 radical (unpaired) electrons. The summed E-state index contributed by atoms with van der Waals surface area (Å²) < 4.78 is 5.64. The summed E-state index contributed by atoms with van der Waals surface area (Å²) in [4.78, 5) is 18.6. The number of ether oxygens (including phenoxy) is 1. The molecule has 2 aromatic heterocycles. The van der Waals surface area contributed by atoms with E-state index in [1.165, 1.54) is 11.3 Å². The third-order valence-electron chi connectivity index (χ3n) is 2.85. The fraction of sp³-hybridized carbons (Fsp3) is 0.231. The van der Waals surface area contributed by atoms with Crippen molar-refractivity contribution in [1.82, 2.24) is 9.88 Å². The van der Waals surface area contributed by atoms with Crippen molar-refractivity contribution in [2.75, 3.05) is 13.1 Å². The average Bonchev–Trinajstić information content (AvgIpc) is 2.88. The van der Waals surface area contributed by atoms with Crippen LogP contribution in [-0.4, -0.2) is 35.0 Å². The summed E-state index contributed by atoms with van der Waals surface area (Å²) in [6.07, 6.45) is 1.56. The van der Waals surface area contributed by atoms with Gasteiger partial charge in [-0.25, -0.2) is 4.98 Å². The van der Waals surface area contributed by atoms with Crippen molar-refractivity contribution in [3.8, 4) is 5.88 Å². The topological polar surface area (TPSA) is 42.4 Å². The van der Waals surface area contributed by atoms with Crippen molar-refractivity contribution < 1.29 is 9.53 Å². The maximum absolute atomic E-state index is 12.0. The minimum atomic E-state index is 0.0117. The van der Waals surface area contributed by atoms with E-state index in [0.717, 1.165) is 4.88 Å². The number of aromatic nitrogens is 1. The number of nitrogens with zero attached hydrogens (tertiary/aromatic N) is 2. The molecular formula is C13H11ClN2O2S. The molecule has 98 valence electrons. The van der Waals surface area contributed by atoms with Crippen LogP contribution >= 0.6 is 22.9 Å². The molecule has 1 amide bonds.